The van der Waals surface area contributed by atoms with Crippen LogP contribution in [0.5, 0.6) is 0 Å². The summed E-state index contributed by atoms with van der Waals surface area (Å²) in [6.45, 7) is 0.828. The minimum Gasteiger partial charge on any atom is -0.294 e. The van der Waals surface area contributed by atoms with Gasteiger partial charge in [0.15, 0.2) is 0 Å². The lowest BCUT2D eigenvalue weighted by Crippen LogP contribution is -2.08. The average Bonchev–Trinajstić information content (AvgIpc) is 2.47. The molecule has 1 aliphatic heterocycles. The molecule has 54 valence electrons. The van der Waals surface area contributed by atoms with Crippen molar-refractivity contribution in [2.45, 2.75) is 12.6 Å². The Morgan fingerprint density at radius 3 is 3.09 bits per heavy atom. The Morgan fingerprint density at radius 2 is 2.27 bits per heavy atom. The van der Waals surface area contributed by atoms with E-state index in [0.717, 1.165) is 12.1 Å². The molecule has 1 aromatic carbocycles. The fourth-order valence-corrected chi connectivity index (χ4v) is 1.41. The summed E-state index contributed by atoms with van der Waals surface area (Å²) < 4.78 is 0. The van der Waals surface area contributed by atoms with Gasteiger partial charge in [0.2, 0.25) is 0 Å². The van der Waals surface area contributed by atoms with E-state index in [1.165, 1.54) is 5.56 Å². The third kappa shape index (κ3) is 0.903. The molecule has 0 spiro atoms. The largest absolute Gasteiger partial charge is 0.294 e. The maximum atomic E-state index is 8.70. The van der Waals surface area contributed by atoms with Crippen LogP contribution in [0.15, 0.2) is 24.3 Å². The summed E-state index contributed by atoms with van der Waals surface area (Å²) in [5, 5.41) is 11.8. The Labute approximate surface area is 65.5 Å². The highest BCUT2D eigenvalue weighted by Crippen LogP contribution is 2.23. The molecule has 0 amide bonds. The second kappa shape index (κ2) is 2.37. The average molecular weight is 144 g/mol. The molecular weight excluding hydrogens is 136 g/mol. The maximum Gasteiger partial charge on any atom is 0.121 e. The molecule has 2 heteroatoms. The Kier molecular flexibility index (Phi) is 1.38. The number of nitriles is 1. The monoisotopic (exact) mass is 144 g/mol. The van der Waals surface area contributed by atoms with Gasteiger partial charge < -0.3 is 0 Å². The molecule has 1 aliphatic rings. The molecule has 1 N–H and O–H groups in total. The van der Waals surface area contributed by atoms with Crippen LogP contribution in [-0.2, 0) is 6.54 Å². The van der Waals surface area contributed by atoms with E-state index in [9.17, 15) is 0 Å². The van der Waals surface area contributed by atoms with Crippen molar-refractivity contribution in [2.75, 3.05) is 0 Å². The topological polar surface area (TPSA) is 35.8 Å². The van der Waals surface area contributed by atoms with Crippen LogP contribution in [0, 0.1) is 11.3 Å². The predicted molar refractivity (Wildman–Crippen MR) is 41.6 cm³/mol. The van der Waals surface area contributed by atoms with Gasteiger partial charge in [-0.3, -0.25) is 5.32 Å². The molecular formula is C9H8N2. The Morgan fingerprint density at radius 1 is 1.45 bits per heavy atom. The third-order valence-electron chi connectivity index (χ3n) is 1.99. The second-order valence-electron chi connectivity index (χ2n) is 2.64. The molecule has 2 nitrogen and oxygen atoms in total. The molecule has 0 aromatic heterocycles. The van der Waals surface area contributed by atoms with E-state index >= 15 is 0 Å². The summed E-state index contributed by atoms with van der Waals surface area (Å²) >= 11 is 0. The Balaban J connectivity index is 2.49. The minimum absolute atomic E-state index is 0.0915. The summed E-state index contributed by atoms with van der Waals surface area (Å²) in [6.07, 6.45) is 0. The van der Waals surface area contributed by atoms with E-state index in [1.54, 1.807) is 0 Å². The third-order valence-corrected chi connectivity index (χ3v) is 1.99. The SMILES string of the molecule is N#CC1NCc2ccccc21. The van der Waals surface area contributed by atoms with E-state index < -0.39 is 0 Å². The lowest BCUT2D eigenvalue weighted by Gasteiger charge is -1.98. The van der Waals surface area contributed by atoms with Gasteiger partial charge in [-0.05, 0) is 11.1 Å². The van der Waals surface area contributed by atoms with Crippen molar-refractivity contribution in [1.29, 1.82) is 5.26 Å². The molecule has 0 aliphatic carbocycles. The van der Waals surface area contributed by atoms with Crippen LogP contribution >= 0.6 is 0 Å². The number of hydrogen-bond donors (Lipinski definition) is 1. The van der Waals surface area contributed by atoms with E-state index in [0.29, 0.717) is 0 Å². The lowest BCUT2D eigenvalue weighted by atomic mass is 10.1. The highest BCUT2D eigenvalue weighted by Gasteiger charge is 2.19. The standard InChI is InChI=1S/C9H8N2/c10-5-9-8-4-2-1-3-7(8)6-11-9/h1-4,9,11H,6H2. The van der Waals surface area contributed by atoms with Crippen LogP contribution in [0.4, 0.5) is 0 Å². The van der Waals surface area contributed by atoms with Crippen LogP contribution in [0.25, 0.3) is 0 Å². The molecule has 11 heavy (non-hydrogen) atoms. The fourth-order valence-electron chi connectivity index (χ4n) is 1.41. The minimum atomic E-state index is -0.0915. The fraction of sp³-hybridized carbons (Fsp3) is 0.222. The smallest absolute Gasteiger partial charge is 0.121 e. The van der Waals surface area contributed by atoms with Crippen molar-refractivity contribution in [1.82, 2.24) is 5.32 Å². The van der Waals surface area contributed by atoms with Crippen LogP contribution in [0.3, 0.4) is 0 Å². The van der Waals surface area contributed by atoms with Gasteiger partial charge in [0.25, 0.3) is 0 Å². The Bertz CT molecular complexity index is 312. The van der Waals surface area contributed by atoms with Crippen molar-refractivity contribution in [3.05, 3.63) is 35.4 Å². The molecule has 0 saturated heterocycles. The van der Waals surface area contributed by atoms with Crippen LogP contribution < -0.4 is 5.32 Å². The molecule has 1 aromatic rings. The highest BCUT2D eigenvalue weighted by molar-refractivity contribution is 5.36. The normalized spacial score (nSPS) is 20.8. The molecule has 1 atom stereocenters. The number of nitrogens with zero attached hydrogens (tertiary/aromatic N) is 1. The first-order chi connectivity index (χ1) is 5.42. The second-order valence-corrected chi connectivity index (χ2v) is 2.64. The zero-order valence-corrected chi connectivity index (χ0v) is 6.04. The number of benzene rings is 1. The number of hydrogen-bond acceptors (Lipinski definition) is 2. The van der Waals surface area contributed by atoms with Gasteiger partial charge in [0, 0.05) is 6.54 Å². The van der Waals surface area contributed by atoms with Gasteiger partial charge in [-0.25, -0.2) is 0 Å². The summed E-state index contributed by atoms with van der Waals surface area (Å²) in [4.78, 5) is 0. The lowest BCUT2D eigenvalue weighted by molar-refractivity contribution is 0.696. The number of fused-ring (bicyclic) bond motifs is 1. The molecule has 0 bridgehead atoms. The van der Waals surface area contributed by atoms with E-state index in [1.807, 2.05) is 18.2 Å². The molecule has 2 rings (SSSR count). The zero-order chi connectivity index (χ0) is 7.68. The van der Waals surface area contributed by atoms with Gasteiger partial charge in [-0.1, -0.05) is 24.3 Å². The van der Waals surface area contributed by atoms with Crippen molar-refractivity contribution in [3.8, 4) is 6.07 Å². The van der Waals surface area contributed by atoms with E-state index in [4.69, 9.17) is 5.26 Å². The number of nitrogens with one attached hydrogen (secondary N) is 1. The highest BCUT2D eigenvalue weighted by atomic mass is 14.9. The maximum absolute atomic E-state index is 8.70. The quantitative estimate of drug-likeness (QED) is 0.596. The molecule has 1 unspecified atom stereocenters. The molecule has 0 saturated carbocycles. The summed E-state index contributed by atoms with van der Waals surface area (Å²) in [5.41, 5.74) is 2.38. The van der Waals surface area contributed by atoms with Gasteiger partial charge in [-0.2, -0.15) is 5.26 Å². The zero-order valence-electron chi connectivity index (χ0n) is 6.04. The van der Waals surface area contributed by atoms with Crippen molar-refractivity contribution >= 4 is 0 Å². The van der Waals surface area contributed by atoms with Gasteiger partial charge in [-0.15, -0.1) is 0 Å². The van der Waals surface area contributed by atoms with Crippen LogP contribution in [0.2, 0.25) is 0 Å². The predicted octanol–water partition coefficient (Wildman–Crippen LogP) is 1.35. The molecule has 0 radical (unpaired) electrons. The van der Waals surface area contributed by atoms with Gasteiger partial charge in [0.1, 0.15) is 6.04 Å². The van der Waals surface area contributed by atoms with Crippen molar-refractivity contribution in [2.24, 2.45) is 0 Å². The summed E-state index contributed by atoms with van der Waals surface area (Å²) in [6, 6.07) is 10.1. The first kappa shape index (κ1) is 6.38. The first-order valence-electron chi connectivity index (χ1n) is 3.62. The van der Waals surface area contributed by atoms with Crippen LogP contribution in [-0.4, -0.2) is 0 Å². The Hall–Kier alpha value is -1.33. The van der Waals surface area contributed by atoms with E-state index in [2.05, 4.69) is 17.5 Å². The number of rotatable bonds is 0. The van der Waals surface area contributed by atoms with Crippen LogP contribution in [0.1, 0.15) is 17.2 Å². The molecule has 1 heterocycles. The summed E-state index contributed by atoms with van der Waals surface area (Å²) in [5.74, 6) is 0. The first-order valence-corrected chi connectivity index (χ1v) is 3.62. The van der Waals surface area contributed by atoms with E-state index in [-0.39, 0.29) is 6.04 Å². The summed E-state index contributed by atoms with van der Waals surface area (Å²) in [7, 11) is 0. The molecule has 0 fully saturated rings. The van der Waals surface area contributed by atoms with Crippen molar-refractivity contribution < 1.29 is 0 Å². The van der Waals surface area contributed by atoms with Gasteiger partial charge in [0.05, 0.1) is 6.07 Å². The van der Waals surface area contributed by atoms with Crippen molar-refractivity contribution in [3.63, 3.8) is 0 Å². The van der Waals surface area contributed by atoms with Gasteiger partial charge >= 0.3 is 0 Å².